The van der Waals surface area contributed by atoms with Crippen LogP contribution in [0.15, 0.2) is 16.7 Å². The third-order valence-corrected chi connectivity index (χ3v) is 2.98. The lowest BCUT2D eigenvalue weighted by Gasteiger charge is -2.12. The molecule has 2 N–H and O–H groups in total. The van der Waals surface area contributed by atoms with E-state index in [0.29, 0.717) is 17.1 Å². The quantitative estimate of drug-likeness (QED) is 0.598. The third-order valence-electron chi connectivity index (χ3n) is 2.78. The predicted octanol–water partition coefficient (Wildman–Crippen LogP) is 3.82. The molecule has 0 aliphatic rings. The molecule has 21 heavy (non-hydrogen) atoms. The number of unbranched alkanes of at least 4 members (excludes halogenated alkanes) is 1. The van der Waals surface area contributed by atoms with Gasteiger partial charge in [-0.05, 0) is 26.3 Å². The summed E-state index contributed by atoms with van der Waals surface area (Å²) >= 11 is 5.95. The standard InChI is InChI=1S/C14H20ClN5O/c1-4-5-6-16-14-20-19-13(21-14)10-8-17-12(15)7-11(10)18-9(2)3/h7-9H,4-6H2,1-3H3,(H,16,20)(H,17,18). The van der Waals surface area contributed by atoms with E-state index in [0.717, 1.165) is 30.6 Å². The highest BCUT2D eigenvalue weighted by atomic mass is 35.5. The van der Waals surface area contributed by atoms with Crippen LogP contribution in [0.1, 0.15) is 33.6 Å². The van der Waals surface area contributed by atoms with Crippen molar-refractivity contribution in [3.63, 3.8) is 0 Å². The highest BCUT2D eigenvalue weighted by Gasteiger charge is 2.14. The molecule has 0 atom stereocenters. The average Bonchev–Trinajstić information content (AvgIpc) is 2.87. The second-order valence-electron chi connectivity index (χ2n) is 5.04. The van der Waals surface area contributed by atoms with Crippen molar-refractivity contribution in [1.82, 2.24) is 15.2 Å². The molecule has 114 valence electrons. The van der Waals surface area contributed by atoms with E-state index in [1.807, 2.05) is 13.8 Å². The summed E-state index contributed by atoms with van der Waals surface area (Å²) in [6.45, 7) is 7.03. The van der Waals surface area contributed by atoms with Crippen LogP contribution in [-0.4, -0.2) is 27.8 Å². The van der Waals surface area contributed by atoms with Gasteiger partial charge in [0.2, 0.25) is 0 Å². The molecule has 0 radical (unpaired) electrons. The van der Waals surface area contributed by atoms with E-state index in [1.165, 1.54) is 0 Å². The lowest BCUT2D eigenvalue weighted by molar-refractivity contribution is 0.579. The van der Waals surface area contributed by atoms with Gasteiger partial charge in [-0.3, -0.25) is 0 Å². The van der Waals surface area contributed by atoms with Gasteiger partial charge in [-0.25, -0.2) is 4.98 Å². The summed E-state index contributed by atoms with van der Waals surface area (Å²) in [6.07, 6.45) is 3.80. The first-order valence-electron chi connectivity index (χ1n) is 7.10. The van der Waals surface area contributed by atoms with Gasteiger partial charge in [0.25, 0.3) is 5.89 Å². The predicted molar refractivity (Wildman–Crippen MR) is 84.7 cm³/mol. The molecule has 2 aromatic heterocycles. The van der Waals surface area contributed by atoms with Gasteiger partial charge in [0.05, 0.1) is 11.3 Å². The maximum Gasteiger partial charge on any atom is 0.315 e. The van der Waals surface area contributed by atoms with Crippen LogP contribution >= 0.6 is 11.6 Å². The Labute approximate surface area is 129 Å². The number of rotatable bonds is 7. The van der Waals surface area contributed by atoms with Crippen LogP contribution < -0.4 is 10.6 Å². The maximum absolute atomic E-state index is 5.95. The average molecular weight is 310 g/mol. The minimum absolute atomic E-state index is 0.257. The molecule has 2 rings (SSSR count). The van der Waals surface area contributed by atoms with Gasteiger partial charge in [-0.15, -0.1) is 5.10 Å². The monoisotopic (exact) mass is 309 g/mol. The number of nitrogens with one attached hydrogen (secondary N) is 2. The Bertz CT molecular complexity index is 584. The molecule has 0 fully saturated rings. The van der Waals surface area contributed by atoms with Crippen molar-refractivity contribution < 1.29 is 4.42 Å². The zero-order chi connectivity index (χ0) is 15.2. The van der Waals surface area contributed by atoms with Crippen LogP contribution in [0.4, 0.5) is 11.7 Å². The molecule has 0 saturated heterocycles. The first kappa shape index (κ1) is 15.6. The topological polar surface area (TPSA) is 75.9 Å². The zero-order valence-corrected chi connectivity index (χ0v) is 13.2. The SMILES string of the molecule is CCCCNc1nnc(-c2cnc(Cl)cc2NC(C)C)o1. The molecule has 0 aliphatic heterocycles. The number of anilines is 2. The Morgan fingerprint density at radius 2 is 2.14 bits per heavy atom. The molecule has 7 heteroatoms. The van der Waals surface area contributed by atoms with E-state index < -0.39 is 0 Å². The third kappa shape index (κ3) is 4.32. The highest BCUT2D eigenvalue weighted by molar-refractivity contribution is 6.29. The summed E-state index contributed by atoms with van der Waals surface area (Å²) < 4.78 is 5.62. The number of pyridine rings is 1. The van der Waals surface area contributed by atoms with Gasteiger partial charge in [-0.1, -0.05) is 30.0 Å². The van der Waals surface area contributed by atoms with Crippen LogP contribution in [0.5, 0.6) is 0 Å². The molecule has 0 bridgehead atoms. The number of nitrogens with zero attached hydrogens (tertiary/aromatic N) is 3. The molecule has 0 unspecified atom stereocenters. The van der Waals surface area contributed by atoms with E-state index in [1.54, 1.807) is 12.3 Å². The smallest absolute Gasteiger partial charge is 0.315 e. The van der Waals surface area contributed by atoms with Crippen LogP contribution in [0.3, 0.4) is 0 Å². The van der Waals surface area contributed by atoms with Gasteiger partial charge < -0.3 is 15.1 Å². The van der Waals surface area contributed by atoms with E-state index in [9.17, 15) is 0 Å². The van der Waals surface area contributed by atoms with Crippen molar-refractivity contribution in [2.24, 2.45) is 0 Å². The van der Waals surface area contributed by atoms with Crippen molar-refractivity contribution in [1.29, 1.82) is 0 Å². The molecule has 0 amide bonds. The lowest BCUT2D eigenvalue weighted by atomic mass is 10.2. The summed E-state index contributed by atoms with van der Waals surface area (Å²) in [5.74, 6) is 0.418. The summed E-state index contributed by atoms with van der Waals surface area (Å²) in [7, 11) is 0. The van der Waals surface area contributed by atoms with Gasteiger partial charge in [0, 0.05) is 18.8 Å². The maximum atomic E-state index is 5.95. The van der Waals surface area contributed by atoms with E-state index >= 15 is 0 Å². The van der Waals surface area contributed by atoms with E-state index in [4.69, 9.17) is 16.0 Å². The van der Waals surface area contributed by atoms with Crippen molar-refractivity contribution in [3.05, 3.63) is 17.4 Å². The summed E-state index contributed by atoms with van der Waals surface area (Å²) in [6, 6.07) is 2.43. The number of aromatic nitrogens is 3. The minimum Gasteiger partial charge on any atom is -0.403 e. The van der Waals surface area contributed by atoms with Gasteiger partial charge in [0.15, 0.2) is 0 Å². The largest absolute Gasteiger partial charge is 0.403 e. The van der Waals surface area contributed by atoms with Gasteiger partial charge in [0.1, 0.15) is 5.15 Å². The molecule has 0 aromatic carbocycles. The van der Waals surface area contributed by atoms with Crippen LogP contribution in [-0.2, 0) is 0 Å². The van der Waals surface area contributed by atoms with Crippen molar-refractivity contribution in [2.75, 3.05) is 17.2 Å². The van der Waals surface area contributed by atoms with Gasteiger partial charge in [-0.2, -0.15) is 0 Å². The minimum atomic E-state index is 0.257. The Morgan fingerprint density at radius 1 is 1.33 bits per heavy atom. The normalized spacial score (nSPS) is 10.9. The zero-order valence-electron chi connectivity index (χ0n) is 12.5. The summed E-state index contributed by atoms with van der Waals surface area (Å²) in [5, 5.41) is 14.9. The van der Waals surface area contributed by atoms with Gasteiger partial charge >= 0.3 is 6.01 Å². The lowest BCUT2D eigenvalue weighted by Crippen LogP contribution is -2.10. The fourth-order valence-corrected chi connectivity index (χ4v) is 1.96. The Balaban J connectivity index is 2.21. The molecule has 2 heterocycles. The molecular formula is C14H20ClN5O. The number of hydrogen-bond donors (Lipinski definition) is 2. The molecule has 0 spiro atoms. The van der Waals surface area contributed by atoms with Crippen LogP contribution in [0, 0.1) is 0 Å². The van der Waals surface area contributed by atoms with Crippen molar-refractivity contribution >= 4 is 23.3 Å². The first-order valence-corrected chi connectivity index (χ1v) is 7.47. The fourth-order valence-electron chi connectivity index (χ4n) is 1.81. The summed E-state index contributed by atoms with van der Waals surface area (Å²) in [5.41, 5.74) is 1.57. The highest BCUT2D eigenvalue weighted by Crippen LogP contribution is 2.29. The second kappa shape index (κ2) is 7.26. The molecule has 0 aliphatic carbocycles. The fraction of sp³-hybridized carbons (Fsp3) is 0.500. The summed E-state index contributed by atoms with van der Waals surface area (Å²) in [4.78, 5) is 4.09. The molecule has 2 aromatic rings. The van der Waals surface area contributed by atoms with E-state index in [-0.39, 0.29) is 6.04 Å². The Morgan fingerprint density at radius 3 is 2.86 bits per heavy atom. The van der Waals surface area contributed by atoms with E-state index in [2.05, 4.69) is 32.7 Å². The molecular weight excluding hydrogens is 290 g/mol. The Hall–Kier alpha value is -1.82. The number of halogens is 1. The molecule has 6 nitrogen and oxygen atoms in total. The Kier molecular flexibility index (Phi) is 5.38. The number of hydrogen-bond acceptors (Lipinski definition) is 6. The van der Waals surface area contributed by atoms with Crippen LogP contribution in [0.25, 0.3) is 11.5 Å². The second-order valence-corrected chi connectivity index (χ2v) is 5.43. The first-order chi connectivity index (χ1) is 10.1. The van der Waals surface area contributed by atoms with Crippen LogP contribution in [0.2, 0.25) is 5.15 Å². The van der Waals surface area contributed by atoms with Crippen molar-refractivity contribution in [3.8, 4) is 11.5 Å². The molecule has 0 saturated carbocycles. The van der Waals surface area contributed by atoms with Crippen molar-refractivity contribution in [2.45, 2.75) is 39.7 Å².